The second-order valence-corrected chi connectivity index (χ2v) is 10.7. The molecule has 11 heteroatoms. The number of rotatable bonds is 9. The van der Waals surface area contributed by atoms with Crippen molar-refractivity contribution >= 4 is 57.9 Å². The number of ether oxygens (including phenoxy) is 3. The molecule has 2 saturated heterocycles. The SMILES string of the molecule is COc1cc(/C=C2/SC(=O)N(CC(=O)Nc3ccc(N4CCOCC4)cc3)C2=O)ccc1OCc1ccccc1Cl. The Morgan fingerprint density at radius 1 is 1.05 bits per heavy atom. The number of imide groups is 1. The first kappa shape index (κ1) is 28.5. The zero-order chi connectivity index (χ0) is 28.8. The molecule has 9 nitrogen and oxygen atoms in total. The Labute approximate surface area is 247 Å². The fraction of sp³-hybridized carbons (Fsp3) is 0.233. The number of hydrogen-bond donors (Lipinski definition) is 1. The van der Waals surface area contributed by atoms with E-state index in [1.54, 1.807) is 42.5 Å². The van der Waals surface area contributed by atoms with E-state index in [0.29, 0.717) is 41.0 Å². The number of benzene rings is 3. The number of methoxy groups -OCH3 is 1. The second-order valence-electron chi connectivity index (χ2n) is 9.25. The predicted molar refractivity (Wildman–Crippen MR) is 160 cm³/mol. The summed E-state index contributed by atoms with van der Waals surface area (Å²) in [4.78, 5) is 41.6. The first-order chi connectivity index (χ1) is 19.9. The van der Waals surface area contributed by atoms with Gasteiger partial charge in [-0.3, -0.25) is 19.3 Å². The zero-order valence-electron chi connectivity index (χ0n) is 22.3. The van der Waals surface area contributed by atoms with Crippen LogP contribution in [-0.2, 0) is 20.9 Å². The summed E-state index contributed by atoms with van der Waals surface area (Å²) in [6, 6.07) is 20.0. The smallest absolute Gasteiger partial charge is 0.294 e. The molecule has 41 heavy (non-hydrogen) atoms. The van der Waals surface area contributed by atoms with Crippen LogP contribution >= 0.6 is 23.4 Å². The summed E-state index contributed by atoms with van der Waals surface area (Å²) >= 11 is 7.00. The monoisotopic (exact) mass is 593 g/mol. The van der Waals surface area contributed by atoms with E-state index in [2.05, 4.69) is 10.2 Å². The number of morpholine rings is 1. The maximum atomic E-state index is 13.0. The molecule has 0 aliphatic carbocycles. The fourth-order valence-corrected chi connectivity index (χ4v) is 5.40. The highest BCUT2D eigenvalue weighted by Crippen LogP contribution is 2.35. The Hall–Kier alpha value is -3.99. The summed E-state index contributed by atoms with van der Waals surface area (Å²) in [5, 5.41) is 2.85. The predicted octanol–water partition coefficient (Wildman–Crippen LogP) is 5.44. The minimum Gasteiger partial charge on any atom is -0.493 e. The van der Waals surface area contributed by atoms with Crippen LogP contribution in [-0.4, -0.2) is 61.9 Å². The van der Waals surface area contributed by atoms with Crippen LogP contribution in [0.3, 0.4) is 0 Å². The third-order valence-electron chi connectivity index (χ3n) is 6.53. The molecule has 3 aromatic rings. The van der Waals surface area contributed by atoms with Crippen LogP contribution in [0.5, 0.6) is 11.5 Å². The standard InChI is InChI=1S/C30H28ClN3O6S/c1-38-26-16-20(6-11-25(26)40-19-21-4-2-3-5-24(21)31)17-27-29(36)34(30(37)41-27)18-28(35)32-22-7-9-23(10-8-22)33-12-14-39-15-13-33/h2-11,16-17H,12-15,18-19H2,1H3,(H,32,35)/b27-17+. The molecule has 0 saturated carbocycles. The molecule has 0 unspecified atom stereocenters. The maximum Gasteiger partial charge on any atom is 0.294 e. The highest BCUT2D eigenvalue weighted by atomic mass is 35.5. The van der Waals surface area contributed by atoms with Crippen LogP contribution < -0.4 is 19.7 Å². The molecular weight excluding hydrogens is 566 g/mol. The van der Waals surface area contributed by atoms with E-state index in [1.807, 2.05) is 30.3 Å². The molecule has 0 bridgehead atoms. The molecule has 2 aliphatic rings. The Bertz CT molecular complexity index is 1470. The van der Waals surface area contributed by atoms with Crippen molar-refractivity contribution in [3.05, 3.63) is 87.8 Å². The lowest BCUT2D eigenvalue weighted by atomic mass is 10.1. The molecule has 0 spiro atoms. The van der Waals surface area contributed by atoms with Gasteiger partial charge in [0, 0.05) is 35.1 Å². The van der Waals surface area contributed by atoms with Crippen LogP contribution in [0.25, 0.3) is 6.08 Å². The number of halogens is 1. The summed E-state index contributed by atoms with van der Waals surface area (Å²) in [6.07, 6.45) is 1.59. The molecule has 0 aromatic heterocycles. The number of amides is 3. The van der Waals surface area contributed by atoms with Crippen molar-refractivity contribution in [1.29, 1.82) is 0 Å². The molecule has 2 fully saturated rings. The van der Waals surface area contributed by atoms with Crippen molar-refractivity contribution in [2.24, 2.45) is 0 Å². The minimum atomic E-state index is -0.532. The van der Waals surface area contributed by atoms with Gasteiger partial charge in [-0.1, -0.05) is 35.9 Å². The normalized spacial score (nSPS) is 16.3. The van der Waals surface area contributed by atoms with Gasteiger partial charge in [0.15, 0.2) is 11.5 Å². The average Bonchev–Trinajstić information content (AvgIpc) is 3.25. The van der Waals surface area contributed by atoms with Gasteiger partial charge in [0.25, 0.3) is 11.1 Å². The van der Waals surface area contributed by atoms with Crippen LogP contribution in [0.2, 0.25) is 5.02 Å². The molecule has 0 radical (unpaired) electrons. The fourth-order valence-electron chi connectivity index (χ4n) is 4.37. The molecule has 212 valence electrons. The van der Waals surface area contributed by atoms with Gasteiger partial charge < -0.3 is 24.4 Å². The van der Waals surface area contributed by atoms with E-state index >= 15 is 0 Å². The second kappa shape index (κ2) is 13.1. The number of nitrogens with one attached hydrogen (secondary N) is 1. The number of anilines is 2. The van der Waals surface area contributed by atoms with Gasteiger partial charge in [-0.25, -0.2) is 0 Å². The van der Waals surface area contributed by atoms with E-state index in [0.717, 1.165) is 41.0 Å². The molecule has 1 N–H and O–H groups in total. The molecule has 0 atom stereocenters. The van der Waals surface area contributed by atoms with Crippen molar-refractivity contribution < 1.29 is 28.6 Å². The van der Waals surface area contributed by atoms with Gasteiger partial charge in [-0.05, 0) is 65.9 Å². The van der Waals surface area contributed by atoms with Gasteiger partial charge in [-0.2, -0.15) is 0 Å². The van der Waals surface area contributed by atoms with E-state index < -0.39 is 17.1 Å². The lowest BCUT2D eigenvalue weighted by Gasteiger charge is -2.28. The average molecular weight is 594 g/mol. The highest BCUT2D eigenvalue weighted by Gasteiger charge is 2.36. The minimum absolute atomic E-state index is 0.212. The number of carbonyl (C=O) groups excluding carboxylic acids is 3. The van der Waals surface area contributed by atoms with Gasteiger partial charge in [-0.15, -0.1) is 0 Å². The summed E-state index contributed by atoms with van der Waals surface area (Å²) < 4.78 is 16.7. The Balaban J connectivity index is 1.20. The van der Waals surface area contributed by atoms with E-state index in [1.165, 1.54) is 7.11 Å². The lowest BCUT2D eigenvalue weighted by Crippen LogP contribution is -2.36. The number of hydrogen-bond acceptors (Lipinski definition) is 8. The molecule has 5 rings (SSSR count). The lowest BCUT2D eigenvalue weighted by molar-refractivity contribution is -0.127. The first-order valence-electron chi connectivity index (χ1n) is 12.9. The van der Waals surface area contributed by atoms with Crippen LogP contribution in [0, 0.1) is 0 Å². The van der Waals surface area contributed by atoms with Crippen molar-refractivity contribution in [2.75, 3.05) is 50.2 Å². The van der Waals surface area contributed by atoms with Crippen molar-refractivity contribution in [3.8, 4) is 11.5 Å². The first-order valence-corrected chi connectivity index (χ1v) is 14.1. The van der Waals surface area contributed by atoms with Crippen molar-refractivity contribution in [2.45, 2.75) is 6.61 Å². The van der Waals surface area contributed by atoms with Gasteiger partial charge >= 0.3 is 0 Å². The molecule has 2 aliphatic heterocycles. The summed E-state index contributed by atoms with van der Waals surface area (Å²) in [5.74, 6) is -0.0263. The Morgan fingerprint density at radius 2 is 1.80 bits per heavy atom. The Kier molecular flexibility index (Phi) is 9.13. The number of carbonyl (C=O) groups is 3. The number of nitrogens with zero attached hydrogens (tertiary/aromatic N) is 2. The third-order valence-corrected chi connectivity index (χ3v) is 7.81. The largest absolute Gasteiger partial charge is 0.493 e. The van der Waals surface area contributed by atoms with Gasteiger partial charge in [0.1, 0.15) is 13.2 Å². The zero-order valence-corrected chi connectivity index (χ0v) is 23.9. The highest BCUT2D eigenvalue weighted by molar-refractivity contribution is 8.18. The van der Waals surface area contributed by atoms with E-state index in [4.69, 9.17) is 25.8 Å². The van der Waals surface area contributed by atoms with Gasteiger partial charge in [0.05, 0.1) is 25.2 Å². The van der Waals surface area contributed by atoms with Crippen LogP contribution in [0.1, 0.15) is 11.1 Å². The van der Waals surface area contributed by atoms with Crippen molar-refractivity contribution in [1.82, 2.24) is 4.90 Å². The molecular formula is C30H28ClN3O6S. The summed E-state index contributed by atoms with van der Waals surface area (Å²) in [5.41, 5.74) is 3.10. The quantitative estimate of drug-likeness (QED) is 0.328. The van der Waals surface area contributed by atoms with Crippen LogP contribution in [0.4, 0.5) is 16.2 Å². The van der Waals surface area contributed by atoms with E-state index in [-0.39, 0.29) is 18.1 Å². The molecule has 3 aromatic carbocycles. The molecule has 2 heterocycles. The molecule has 3 amide bonds. The topological polar surface area (TPSA) is 97.4 Å². The van der Waals surface area contributed by atoms with Crippen LogP contribution in [0.15, 0.2) is 71.6 Å². The summed E-state index contributed by atoms with van der Waals surface area (Å²) in [7, 11) is 1.52. The third kappa shape index (κ3) is 7.02. The maximum absolute atomic E-state index is 13.0. The Morgan fingerprint density at radius 3 is 2.54 bits per heavy atom. The van der Waals surface area contributed by atoms with Crippen molar-refractivity contribution in [3.63, 3.8) is 0 Å². The summed E-state index contributed by atoms with van der Waals surface area (Å²) in [6.45, 7) is 2.87. The van der Waals surface area contributed by atoms with Gasteiger partial charge in [0.2, 0.25) is 5.91 Å². The van der Waals surface area contributed by atoms with E-state index in [9.17, 15) is 14.4 Å². The number of thioether (sulfide) groups is 1.